The van der Waals surface area contributed by atoms with E-state index in [1.165, 1.54) is 0 Å². The first-order valence-corrected chi connectivity index (χ1v) is 9.91. The third-order valence-corrected chi connectivity index (χ3v) is 5.43. The molecule has 1 saturated heterocycles. The highest BCUT2D eigenvalue weighted by Crippen LogP contribution is 2.27. The first-order valence-electron chi connectivity index (χ1n) is 9.91. The molecule has 4 aromatic heterocycles. The van der Waals surface area contributed by atoms with Crippen LogP contribution >= 0.6 is 0 Å². The Balaban J connectivity index is 1.35. The minimum Gasteiger partial charge on any atom is -0.389 e. The molecule has 0 radical (unpaired) electrons. The average molecular weight is 405 g/mol. The van der Waals surface area contributed by atoms with Crippen LogP contribution in [-0.4, -0.2) is 65.6 Å². The van der Waals surface area contributed by atoms with E-state index in [1.807, 2.05) is 30.2 Å². The van der Waals surface area contributed by atoms with Gasteiger partial charge in [-0.2, -0.15) is 10.2 Å². The van der Waals surface area contributed by atoms with Crippen LogP contribution in [0, 0.1) is 0 Å². The summed E-state index contributed by atoms with van der Waals surface area (Å²) >= 11 is 0. The van der Waals surface area contributed by atoms with Crippen LogP contribution in [0.25, 0.3) is 16.6 Å². The van der Waals surface area contributed by atoms with E-state index in [-0.39, 0.29) is 0 Å². The molecule has 5 heterocycles. The van der Waals surface area contributed by atoms with Crippen molar-refractivity contribution in [3.8, 4) is 11.1 Å². The second-order valence-electron chi connectivity index (χ2n) is 7.51. The van der Waals surface area contributed by atoms with E-state index < -0.39 is 6.10 Å². The van der Waals surface area contributed by atoms with Crippen LogP contribution in [0.2, 0.25) is 0 Å². The SMILES string of the molecule is C[C@@H](O)c1cnc(N2CCN(c3ncnn4cc(-c5cnn(C)c5)cc34)CC2)nc1. The van der Waals surface area contributed by atoms with Crippen molar-refractivity contribution < 1.29 is 5.11 Å². The van der Waals surface area contributed by atoms with Crippen LogP contribution < -0.4 is 9.80 Å². The van der Waals surface area contributed by atoms with Gasteiger partial charge in [-0.15, -0.1) is 0 Å². The molecule has 1 aliphatic rings. The van der Waals surface area contributed by atoms with Crippen LogP contribution in [0.1, 0.15) is 18.6 Å². The maximum atomic E-state index is 9.63. The molecule has 0 unspecified atom stereocenters. The van der Waals surface area contributed by atoms with Gasteiger partial charge >= 0.3 is 0 Å². The summed E-state index contributed by atoms with van der Waals surface area (Å²) in [6.07, 6.45) is 10.3. The summed E-state index contributed by atoms with van der Waals surface area (Å²) in [6.45, 7) is 4.91. The number of piperazine rings is 1. The molecular weight excluding hydrogens is 382 g/mol. The summed E-state index contributed by atoms with van der Waals surface area (Å²) in [4.78, 5) is 17.8. The van der Waals surface area contributed by atoms with Crippen molar-refractivity contribution in [2.45, 2.75) is 13.0 Å². The molecule has 1 atom stereocenters. The van der Waals surface area contributed by atoms with Gasteiger partial charge in [0.15, 0.2) is 5.82 Å². The predicted molar refractivity (Wildman–Crippen MR) is 112 cm³/mol. The van der Waals surface area contributed by atoms with Crippen molar-refractivity contribution in [3.05, 3.63) is 48.9 Å². The van der Waals surface area contributed by atoms with Crippen molar-refractivity contribution >= 4 is 17.3 Å². The van der Waals surface area contributed by atoms with E-state index >= 15 is 0 Å². The lowest BCUT2D eigenvalue weighted by Gasteiger charge is -2.35. The van der Waals surface area contributed by atoms with Gasteiger partial charge in [0.1, 0.15) is 11.8 Å². The van der Waals surface area contributed by atoms with E-state index in [0.717, 1.165) is 54.2 Å². The Kier molecular flexibility index (Phi) is 4.55. The van der Waals surface area contributed by atoms with Gasteiger partial charge in [-0.25, -0.2) is 19.5 Å². The molecule has 5 rings (SSSR count). The second kappa shape index (κ2) is 7.38. The lowest BCUT2D eigenvalue weighted by molar-refractivity contribution is 0.198. The largest absolute Gasteiger partial charge is 0.389 e. The van der Waals surface area contributed by atoms with Crippen LogP contribution in [0.15, 0.2) is 43.4 Å². The molecule has 10 heteroatoms. The maximum absolute atomic E-state index is 9.63. The lowest BCUT2D eigenvalue weighted by atomic mass is 10.2. The number of hydrogen-bond acceptors (Lipinski definition) is 8. The molecule has 0 spiro atoms. The summed E-state index contributed by atoms with van der Waals surface area (Å²) in [5.74, 6) is 1.61. The monoisotopic (exact) mass is 405 g/mol. The zero-order chi connectivity index (χ0) is 20.7. The number of fused-ring (bicyclic) bond motifs is 1. The van der Waals surface area contributed by atoms with E-state index in [4.69, 9.17) is 0 Å². The third kappa shape index (κ3) is 3.35. The van der Waals surface area contributed by atoms with Crippen LogP contribution in [0.4, 0.5) is 11.8 Å². The highest BCUT2D eigenvalue weighted by molar-refractivity contribution is 5.77. The molecule has 30 heavy (non-hydrogen) atoms. The Morgan fingerprint density at radius 3 is 2.30 bits per heavy atom. The normalized spacial score (nSPS) is 15.7. The summed E-state index contributed by atoms with van der Waals surface area (Å²) < 4.78 is 3.66. The Labute approximate surface area is 173 Å². The van der Waals surface area contributed by atoms with Gasteiger partial charge in [-0.1, -0.05) is 0 Å². The fourth-order valence-corrected chi connectivity index (χ4v) is 3.72. The number of rotatable bonds is 4. The average Bonchev–Trinajstić information content (AvgIpc) is 3.40. The van der Waals surface area contributed by atoms with Crippen molar-refractivity contribution in [3.63, 3.8) is 0 Å². The zero-order valence-corrected chi connectivity index (χ0v) is 16.9. The van der Waals surface area contributed by atoms with Gasteiger partial charge < -0.3 is 14.9 Å². The van der Waals surface area contributed by atoms with Crippen molar-refractivity contribution in [1.29, 1.82) is 0 Å². The topological polar surface area (TPSA) is 101 Å². The third-order valence-electron chi connectivity index (χ3n) is 5.43. The predicted octanol–water partition coefficient (Wildman–Crippen LogP) is 1.30. The quantitative estimate of drug-likeness (QED) is 0.542. The molecule has 0 aromatic carbocycles. The van der Waals surface area contributed by atoms with Crippen molar-refractivity contribution in [2.75, 3.05) is 36.0 Å². The van der Waals surface area contributed by atoms with Crippen LogP contribution in [-0.2, 0) is 7.05 Å². The molecule has 1 fully saturated rings. The number of hydrogen-bond donors (Lipinski definition) is 1. The minimum atomic E-state index is -0.560. The molecule has 0 amide bonds. The summed E-state index contributed by atoms with van der Waals surface area (Å²) in [7, 11) is 1.91. The van der Waals surface area contributed by atoms with Gasteiger partial charge in [0, 0.05) is 74.7 Å². The Bertz CT molecular complexity index is 1160. The van der Waals surface area contributed by atoms with Gasteiger partial charge in [-0.05, 0) is 13.0 Å². The Morgan fingerprint density at radius 1 is 0.900 bits per heavy atom. The van der Waals surface area contributed by atoms with Crippen LogP contribution in [0.3, 0.4) is 0 Å². The smallest absolute Gasteiger partial charge is 0.225 e. The number of aromatic nitrogens is 7. The number of anilines is 2. The van der Waals surface area contributed by atoms with Crippen molar-refractivity contribution in [2.24, 2.45) is 7.05 Å². The molecule has 154 valence electrons. The molecular formula is C20H23N9O. The first-order chi connectivity index (χ1) is 14.6. The number of aryl methyl sites for hydroxylation is 1. The van der Waals surface area contributed by atoms with E-state index in [9.17, 15) is 5.11 Å². The molecule has 0 saturated carbocycles. The standard InChI is InChI=1S/C20H23N9O/c1-14(30)16-8-21-20(22-9-16)28-5-3-27(4-6-28)19-18-7-15(12-29(18)25-13-23-19)17-10-24-26(2)11-17/h7-14,30H,3-6H2,1-2H3/t14-/m1/s1. The Hall–Kier alpha value is -3.53. The summed E-state index contributed by atoms with van der Waals surface area (Å²) in [5, 5.41) is 18.3. The number of nitrogens with zero attached hydrogens (tertiary/aromatic N) is 9. The highest BCUT2D eigenvalue weighted by Gasteiger charge is 2.22. The summed E-state index contributed by atoms with van der Waals surface area (Å²) in [5.41, 5.74) is 3.81. The second-order valence-corrected chi connectivity index (χ2v) is 7.51. The maximum Gasteiger partial charge on any atom is 0.225 e. The lowest BCUT2D eigenvalue weighted by Crippen LogP contribution is -2.47. The van der Waals surface area contributed by atoms with E-state index in [2.05, 4.69) is 41.0 Å². The molecule has 4 aromatic rings. The molecule has 1 aliphatic heterocycles. The summed E-state index contributed by atoms with van der Waals surface area (Å²) in [6, 6.07) is 2.11. The Morgan fingerprint density at radius 2 is 1.63 bits per heavy atom. The first kappa shape index (κ1) is 18.5. The molecule has 1 N–H and O–H groups in total. The molecule has 0 bridgehead atoms. The van der Waals surface area contributed by atoms with E-state index in [0.29, 0.717) is 5.95 Å². The van der Waals surface area contributed by atoms with E-state index in [1.54, 1.807) is 30.3 Å². The van der Waals surface area contributed by atoms with Gasteiger partial charge in [0.25, 0.3) is 0 Å². The number of aliphatic hydroxyl groups is 1. The highest BCUT2D eigenvalue weighted by atomic mass is 16.3. The minimum absolute atomic E-state index is 0.560. The number of aliphatic hydroxyl groups excluding tert-OH is 1. The molecule has 0 aliphatic carbocycles. The van der Waals surface area contributed by atoms with Gasteiger partial charge in [0.05, 0.1) is 12.3 Å². The fourth-order valence-electron chi connectivity index (χ4n) is 3.72. The van der Waals surface area contributed by atoms with Gasteiger partial charge in [-0.3, -0.25) is 4.68 Å². The van der Waals surface area contributed by atoms with Crippen molar-refractivity contribution in [1.82, 2.24) is 34.3 Å². The van der Waals surface area contributed by atoms with Crippen LogP contribution in [0.5, 0.6) is 0 Å². The molecule has 10 nitrogen and oxygen atoms in total. The van der Waals surface area contributed by atoms with Gasteiger partial charge in [0.2, 0.25) is 5.95 Å². The zero-order valence-electron chi connectivity index (χ0n) is 16.9. The fraction of sp³-hybridized carbons (Fsp3) is 0.350.